The predicted molar refractivity (Wildman–Crippen MR) is 78.3 cm³/mol. The summed E-state index contributed by atoms with van der Waals surface area (Å²) < 4.78 is 5.19. The number of anilines is 1. The van der Waals surface area contributed by atoms with Crippen LogP contribution in [0.2, 0.25) is 5.02 Å². The minimum atomic E-state index is -0.575. The zero-order valence-corrected chi connectivity index (χ0v) is 12.6. The van der Waals surface area contributed by atoms with Gasteiger partial charge in [0.25, 0.3) is 0 Å². The van der Waals surface area contributed by atoms with Gasteiger partial charge in [0.1, 0.15) is 11.9 Å². The quantitative estimate of drug-likeness (QED) is 0.860. The molecule has 1 aliphatic rings. The summed E-state index contributed by atoms with van der Waals surface area (Å²) in [6.07, 6.45) is 2.08. The molecule has 1 aromatic carbocycles. The molecular weight excluding hydrogens is 278 g/mol. The van der Waals surface area contributed by atoms with Gasteiger partial charge in [0.15, 0.2) is 0 Å². The molecule has 5 heteroatoms. The molecule has 0 heterocycles. The fourth-order valence-electron chi connectivity index (χ4n) is 1.95. The summed E-state index contributed by atoms with van der Waals surface area (Å²) in [6.45, 7) is 5.36. The third-order valence-corrected chi connectivity index (χ3v) is 3.52. The normalized spacial score (nSPS) is 16.4. The molecule has 108 valence electrons. The molecule has 1 amide bonds. The zero-order chi connectivity index (χ0) is 15.0. The lowest BCUT2D eigenvalue weighted by molar-refractivity contribution is -0.109. The molecule has 1 aromatic rings. The molecule has 0 unspecified atom stereocenters. The van der Waals surface area contributed by atoms with E-state index >= 15 is 0 Å². The van der Waals surface area contributed by atoms with E-state index in [1.165, 1.54) is 0 Å². The van der Waals surface area contributed by atoms with E-state index < -0.39 is 17.1 Å². The number of ether oxygens (including phenoxy) is 1. The van der Waals surface area contributed by atoms with Gasteiger partial charge in [-0.3, -0.25) is 5.32 Å². The van der Waals surface area contributed by atoms with E-state index in [-0.39, 0.29) is 0 Å². The number of benzene rings is 1. The molecular formula is C15H18ClNO3. The summed E-state index contributed by atoms with van der Waals surface area (Å²) in [6, 6.07) is 5.25. The van der Waals surface area contributed by atoms with Crippen LogP contribution < -0.4 is 5.32 Å². The fraction of sp³-hybridized carbons (Fsp3) is 0.467. The molecule has 0 aliphatic heterocycles. The molecule has 20 heavy (non-hydrogen) atoms. The Morgan fingerprint density at radius 3 is 2.55 bits per heavy atom. The van der Waals surface area contributed by atoms with Crippen molar-refractivity contribution in [3.63, 3.8) is 0 Å². The smallest absolute Gasteiger partial charge is 0.412 e. The summed E-state index contributed by atoms with van der Waals surface area (Å²) in [5, 5.41) is 3.04. The Balaban J connectivity index is 2.17. The summed E-state index contributed by atoms with van der Waals surface area (Å²) in [7, 11) is 0. The summed E-state index contributed by atoms with van der Waals surface area (Å²) in [5.74, 6) is 0. The molecule has 0 atom stereocenters. The van der Waals surface area contributed by atoms with Crippen molar-refractivity contribution in [1.29, 1.82) is 0 Å². The number of hydrogen-bond donors (Lipinski definition) is 1. The van der Waals surface area contributed by atoms with E-state index in [1.54, 1.807) is 32.9 Å². The molecule has 1 fully saturated rings. The molecule has 0 saturated heterocycles. The Morgan fingerprint density at radius 1 is 1.40 bits per heavy atom. The number of rotatable bonds is 3. The highest BCUT2D eigenvalue weighted by atomic mass is 35.5. The highest BCUT2D eigenvalue weighted by Crippen LogP contribution is 2.47. The zero-order valence-electron chi connectivity index (χ0n) is 11.8. The number of halogens is 1. The van der Waals surface area contributed by atoms with Gasteiger partial charge in [-0.15, -0.1) is 0 Å². The highest BCUT2D eigenvalue weighted by Gasteiger charge is 2.44. The first-order valence-electron chi connectivity index (χ1n) is 6.52. The summed E-state index contributed by atoms with van der Waals surface area (Å²) >= 11 is 6.07. The second kappa shape index (κ2) is 5.09. The van der Waals surface area contributed by atoms with Gasteiger partial charge in [-0.2, -0.15) is 0 Å². The van der Waals surface area contributed by atoms with E-state index in [0.29, 0.717) is 10.7 Å². The van der Waals surface area contributed by atoms with Crippen molar-refractivity contribution in [3.05, 3.63) is 28.8 Å². The van der Waals surface area contributed by atoms with Gasteiger partial charge >= 0.3 is 6.09 Å². The Kier molecular flexibility index (Phi) is 3.78. The average molecular weight is 296 g/mol. The summed E-state index contributed by atoms with van der Waals surface area (Å²) in [5.41, 5.74) is 0.374. The third kappa shape index (κ3) is 3.31. The third-order valence-electron chi connectivity index (χ3n) is 3.19. The number of nitrogens with one attached hydrogen (secondary N) is 1. The minimum absolute atomic E-state index is 0.394. The lowest BCUT2D eigenvalue weighted by Gasteiger charge is -2.20. The van der Waals surface area contributed by atoms with Crippen LogP contribution in [0.4, 0.5) is 10.5 Å². The molecule has 0 aromatic heterocycles. The van der Waals surface area contributed by atoms with Gasteiger partial charge in [-0.1, -0.05) is 17.7 Å². The maximum absolute atomic E-state index is 11.8. The molecule has 0 radical (unpaired) electrons. The van der Waals surface area contributed by atoms with E-state index in [4.69, 9.17) is 16.3 Å². The second-order valence-corrected chi connectivity index (χ2v) is 6.50. The Morgan fingerprint density at radius 2 is 2.05 bits per heavy atom. The van der Waals surface area contributed by atoms with Crippen LogP contribution in [-0.2, 0) is 14.9 Å². The van der Waals surface area contributed by atoms with E-state index in [2.05, 4.69) is 5.32 Å². The second-order valence-electron chi connectivity index (χ2n) is 6.10. The molecule has 0 spiro atoms. The number of amides is 1. The Labute approximate surface area is 123 Å². The molecule has 0 bridgehead atoms. The first-order valence-corrected chi connectivity index (χ1v) is 6.90. The van der Waals surface area contributed by atoms with Crippen LogP contribution in [-0.4, -0.2) is 18.0 Å². The Bertz CT molecular complexity index is 545. The van der Waals surface area contributed by atoms with Crippen LogP contribution in [0.1, 0.15) is 39.2 Å². The van der Waals surface area contributed by atoms with Gasteiger partial charge in [0.2, 0.25) is 0 Å². The van der Waals surface area contributed by atoms with Gasteiger partial charge in [0, 0.05) is 0 Å². The fourth-order valence-corrected chi connectivity index (χ4v) is 2.12. The molecule has 4 nitrogen and oxygen atoms in total. The van der Waals surface area contributed by atoms with Crippen LogP contribution >= 0.6 is 11.6 Å². The standard InChI is InChI=1S/C15H18ClNO3/c1-14(2,3)20-13(19)17-12-8-10(4-5-11(12)16)15(9-18)6-7-15/h4-5,8-9H,6-7H2,1-3H3,(H,17,19). The van der Waals surface area contributed by atoms with Gasteiger partial charge in [0.05, 0.1) is 16.1 Å². The van der Waals surface area contributed by atoms with Crippen molar-refractivity contribution < 1.29 is 14.3 Å². The largest absolute Gasteiger partial charge is 0.444 e. The van der Waals surface area contributed by atoms with Crippen molar-refractivity contribution in [2.45, 2.75) is 44.6 Å². The van der Waals surface area contributed by atoms with Gasteiger partial charge in [-0.05, 0) is 51.3 Å². The highest BCUT2D eigenvalue weighted by molar-refractivity contribution is 6.33. The topological polar surface area (TPSA) is 55.4 Å². The van der Waals surface area contributed by atoms with Gasteiger partial charge < -0.3 is 9.53 Å². The number of hydrogen-bond acceptors (Lipinski definition) is 3. The minimum Gasteiger partial charge on any atom is -0.444 e. The molecule has 1 saturated carbocycles. The maximum Gasteiger partial charge on any atom is 0.412 e. The van der Waals surface area contributed by atoms with Crippen molar-refractivity contribution in [1.82, 2.24) is 0 Å². The lowest BCUT2D eigenvalue weighted by Crippen LogP contribution is -2.27. The van der Waals surface area contributed by atoms with Crippen LogP contribution in [0.25, 0.3) is 0 Å². The lowest BCUT2D eigenvalue weighted by atomic mass is 9.97. The van der Waals surface area contributed by atoms with E-state index in [1.807, 2.05) is 6.07 Å². The predicted octanol–water partition coefficient (Wildman–Crippen LogP) is 3.92. The van der Waals surface area contributed by atoms with E-state index in [9.17, 15) is 9.59 Å². The van der Waals surface area contributed by atoms with Crippen LogP contribution in [0, 0.1) is 0 Å². The SMILES string of the molecule is CC(C)(C)OC(=O)Nc1cc(C2(C=O)CC2)ccc1Cl. The van der Waals surface area contributed by atoms with Crippen molar-refractivity contribution in [3.8, 4) is 0 Å². The monoisotopic (exact) mass is 295 g/mol. The van der Waals surface area contributed by atoms with Crippen molar-refractivity contribution in [2.75, 3.05) is 5.32 Å². The van der Waals surface area contributed by atoms with Gasteiger partial charge in [-0.25, -0.2) is 4.79 Å². The number of carbonyl (C=O) groups excluding carboxylic acids is 2. The van der Waals surface area contributed by atoms with Crippen LogP contribution in [0.3, 0.4) is 0 Å². The van der Waals surface area contributed by atoms with Crippen molar-refractivity contribution >= 4 is 29.7 Å². The molecule has 1 N–H and O–H groups in total. The number of carbonyl (C=O) groups is 2. The van der Waals surface area contributed by atoms with E-state index in [0.717, 1.165) is 24.7 Å². The van der Waals surface area contributed by atoms with Crippen LogP contribution in [0.15, 0.2) is 18.2 Å². The summed E-state index contributed by atoms with van der Waals surface area (Å²) in [4.78, 5) is 22.9. The maximum atomic E-state index is 11.8. The van der Waals surface area contributed by atoms with Crippen LogP contribution in [0.5, 0.6) is 0 Å². The Hall–Kier alpha value is -1.55. The average Bonchev–Trinajstić information content (AvgIpc) is 3.10. The first kappa shape index (κ1) is 14.9. The van der Waals surface area contributed by atoms with Crippen molar-refractivity contribution in [2.24, 2.45) is 0 Å². The molecule has 2 rings (SSSR count). The molecule has 1 aliphatic carbocycles. The number of aldehydes is 1. The first-order chi connectivity index (χ1) is 9.26.